The lowest BCUT2D eigenvalue weighted by molar-refractivity contribution is 0.415. The molecule has 0 bridgehead atoms. The molecule has 2 rings (SSSR count). The van der Waals surface area contributed by atoms with E-state index in [1.54, 1.807) is 13.3 Å². The van der Waals surface area contributed by atoms with Gasteiger partial charge >= 0.3 is 0 Å². The monoisotopic (exact) mass is 315 g/mol. The van der Waals surface area contributed by atoms with E-state index in [1.165, 1.54) is 16.7 Å². The topological polar surface area (TPSA) is 46.2 Å². The van der Waals surface area contributed by atoms with E-state index in [4.69, 9.17) is 17.0 Å². The maximum Gasteiger partial charge on any atom is 0.174 e. The molecule has 0 saturated heterocycles. The van der Waals surface area contributed by atoms with Crippen LogP contribution in [0, 0.1) is 13.8 Å². The predicted molar refractivity (Wildman–Crippen MR) is 94.5 cm³/mol. The third kappa shape index (κ3) is 3.95. The summed E-state index contributed by atoms with van der Waals surface area (Å²) in [5.74, 6) is 1.27. The minimum absolute atomic E-state index is 0.106. The molecule has 1 aromatic carbocycles. The number of pyridine rings is 1. The number of aromatic nitrogens is 1. The molecule has 0 aliphatic heterocycles. The summed E-state index contributed by atoms with van der Waals surface area (Å²) in [6, 6.07) is 10.2. The zero-order valence-corrected chi connectivity index (χ0v) is 14.1. The largest absolute Gasteiger partial charge is 0.493 e. The Kier molecular flexibility index (Phi) is 5.33. The van der Waals surface area contributed by atoms with Crippen molar-refractivity contribution < 1.29 is 4.74 Å². The van der Waals surface area contributed by atoms with Crippen LogP contribution in [0.5, 0.6) is 5.75 Å². The van der Waals surface area contributed by atoms with E-state index < -0.39 is 0 Å². The first-order chi connectivity index (χ1) is 10.5. The van der Waals surface area contributed by atoms with Gasteiger partial charge < -0.3 is 15.4 Å². The van der Waals surface area contributed by atoms with Gasteiger partial charge in [0.05, 0.1) is 13.2 Å². The van der Waals surface area contributed by atoms with Gasteiger partial charge in [-0.15, -0.1) is 0 Å². The molecule has 0 amide bonds. The summed E-state index contributed by atoms with van der Waals surface area (Å²) in [6.07, 6.45) is 1.70. The van der Waals surface area contributed by atoms with Crippen molar-refractivity contribution in [3.05, 3.63) is 53.2 Å². The maximum atomic E-state index is 5.38. The molecule has 0 saturated carbocycles. The molecule has 2 aromatic rings. The fourth-order valence-electron chi connectivity index (χ4n) is 2.29. The lowest BCUT2D eigenvalue weighted by atomic mass is 10.0. The zero-order chi connectivity index (χ0) is 16.1. The highest BCUT2D eigenvalue weighted by molar-refractivity contribution is 7.80. The third-order valence-electron chi connectivity index (χ3n) is 3.47. The van der Waals surface area contributed by atoms with Crippen molar-refractivity contribution >= 4 is 23.1 Å². The van der Waals surface area contributed by atoms with Gasteiger partial charge in [-0.25, -0.2) is 4.98 Å². The van der Waals surface area contributed by atoms with Crippen molar-refractivity contribution in [1.29, 1.82) is 0 Å². The first-order valence-corrected chi connectivity index (χ1v) is 7.55. The molecule has 0 aliphatic rings. The molecule has 1 heterocycles. The number of aryl methyl sites for hydroxylation is 2. The molecule has 0 aliphatic carbocycles. The van der Waals surface area contributed by atoms with Gasteiger partial charge in [0.1, 0.15) is 0 Å². The Balaban J connectivity index is 2.07. The van der Waals surface area contributed by atoms with Crippen LogP contribution < -0.4 is 15.4 Å². The van der Waals surface area contributed by atoms with Gasteiger partial charge in [-0.1, -0.05) is 23.8 Å². The zero-order valence-electron chi connectivity index (χ0n) is 13.3. The van der Waals surface area contributed by atoms with Crippen LogP contribution in [0.3, 0.4) is 0 Å². The van der Waals surface area contributed by atoms with Crippen LogP contribution in [0.25, 0.3) is 0 Å². The summed E-state index contributed by atoms with van der Waals surface area (Å²) in [4.78, 5) is 4.24. The Morgan fingerprint density at radius 1 is 1.27 bits per heavy atom. The first-order valence-electron chi connectivity index (χ1n) is 7.15. The molecular weight excluding hydrogens is 294 g/mol. The van der Waals surface area contributed by atoms with Crippen LogP contribution >= 0.6 is 12.2 Å². The first kappa shape index (κ1) is 16.2. The average molecular weight is 315 g/mol. The van der Waals surface area contributed by atoms with Crippen molar-refractivity contribution in [3.8, 4) is 5.75 Å². The minimum Gasteiger partial charge on any atom is -0.493 e. The molecule has 1 aromatic heterocycles. The van der Waals surface area contributed by atoms with E-state index in [0.717, 1.165) is 0 Å². The number of ether oxygens (including phenoxy) is 1. The molecule has 0 unspecified atom stereocenters. The van der Waals surface area contributed by atoms with Gasteiger partial charge in [0, 0.05) is 6.20 Å². The normalized spacial score (nSPS) is 11.6. The molecule has 0 spiro atoms. The predicted octanol–water partition coefficient (Wildman–Crippen LogP) is 3.75. The van der Waals surface area contributed by atoms with Crippen LogP contribution in [-0.2, 0) is 0 Å². The van der Waals surface area contributed by atoms with E-state index in [1.807, 2.05) is 12.1 Å². The van der Waals surface area contributed by atoms with E-state index in [0.29, 0.717) is 16.7 Å². The highest BCUT2D eigenvalue weighted by atomic mass is 32.1. The second-order valence-corrected chi connectivity index (χ2v) is 5.64. The van der Waals surface area contributed by atoms with Crippen LogP contribution in [0.1, 0.15) is 29.7 Å². The van der Waals surface area contributed by atoms with E-state index in [-0.39, 0.29) is 6.04 Å². The summed E-state index contributed by atoms with van der Waals surface area (Å²) >= 11 is 5.38. The maximum absolute atomic E-state index is 5.38. The summed E-state index contributed by atoms with van der Waals surface area (Å²) in [6.45, 7) is 6.28. The number of anilines is 1. The Morgan fingerprint density at radius 3 is 2.77 bits per heavy atom. The molecule has 1 atom stereocenters. The van der Waals surface area contributed by atoms with E-state index >= 15 is 0 Å². The summed E-state index contributed by atoms with van der Waals surface area (Å²) in [5.41, 5.74) is 3.71. The number of hydrogen-bond acceptors (Lipinski definition) is 3. The van der Waals surface area contributed by atoms with Crippen LogP contribution in [0.15, 0.2) is 36.5 Å². The van der Waals surface area contributed by atoms with Crippen molar-refractivity contribution in [2.24, 2.45) is 0 Å². The Hall–Kier alpha value is -2.14. The molecule has 4 nitrogen and oxygen atoms in total. The molecule has 116 valence electrons. The fourth-order valence-corrected chi connectivity index (χ4v) is 2.57. The fraction of sp³-hybridized carbons (Fsp3) is 0.294. The molecule has 22 heavy (non-hydrogen) atoms. The van der Waals surface area contributed by atoms with Gasteiger partial charge in [-0.2, -0.15) is 0 Å². The van der Waals surface area contributed by atoms with E-state index in [2.05, 4.69) is 54.6 Å². The van der Waals surface area contributed by atoms with Crippen molar-refractivity contribution in [3.63, 3.8) is 0 Å². The lowest BCUT2D eigenvalue weighted by Crippen LogP contribution is -2.31. The number of methoxy groups -OCH3 is 1. The SMILES string of the molecule is COc1cccnc1NC(=S)N[C@@H](C)c1cc(C)ccc1C. The Labute approximate surface area is 136 Å². The summed E-state index contributed by atoms with van der Waals surface area (Å²) < 4.78 is 5.26. The minimum atomic E-state index is 0.106. The Morgan fingerprint density at radius 2 is 2.05 bits per heavy atom. The van der Waals surface area contributed by atoms with Gasteiger partial charge in [0.2, 0.25) is 0 Å². The molecule has 5 heteroatoms. The molecule has 0 fully saturated rings. The molecule has 2 N–H and O–H groups in total. The lowest BCUT2D eigenvalue weighted by Gasteiger charge is -2.20. The summed E-state index contributed by atoms with van der Waals surface area (Å²) in [7, 11) is 1.61. The highest BCUT2D eigenvalue weighted by Crippen LogP contribution is 2.21. The third-order valence-corrected chi connectivity index (χ3v) is 3.69. The van der Waals surface area contributed by atoms with E-state index in [9.17, 15) is 0 Å². The molecule has 0 radical (unpaired) electrons. The van der Waals surface area contributed by atoms with Gasteiger partial charge in [0.25, 0.3) is 0 Å². The van der Waals surface area contributed by atoms with Crippen molar-refractivity contribution in [2.45, 2.75) is 26.8 Å². The highest BCUT2D eigenvalue weighted by Gasteiger charge is 2.11. The number of rotatable bonds is 4. The quantitative estimate of drug-likeness (QED) is 0.841. The van der Waals surface area contributed by atoms with Crippen LogP contribution in [-0.4, -0.2) is 17.2 Å². The van der Waals surface area contributed by atoms with Crippen molar-refractivity contribution in [1.82, 2.24) is 10.3 Å². The van der Waals surface area contributed by atoms with Gasteiger partial charge in [0.15, 0.2) is 16.7 Å². The number of benzene rings is 1. The van der Waals surface area contributed by atoms with Crippen LogP contribution in [0.4, 0.5) is 5.82 Å². The van der Waals surface area contributed by atoms with Gasteiger partial charge in [-0.05, 0) is 56.2 Å². The number of nitrogens with one attached hydrogen (secondary N) is 2. The molecular formula is C17H21N3OS. The van der Waals surface area contributed by atoms with Crippen LogP contribution in [0.2, 0.25) is 0 Å². The van der Waals surface area contributed by atoms with Crippen molar-refractivity contribution in [2.75, 3.05) is 12.4 Å². The second kappa shape index (κ2) is 7.22. The number of nitrogens with zero attached hydrogens (tertiary/aromatic N) is 1. The Bertz CT molecular complexity index is 673. The average Bonchev–Trinajstić information content (AvgIpc) is 2.50. The van der Waals surface area contributed by atoms with Gasteiger partial charge in [-0.3, -0.25) is 0 Å². The number of thiocarbonyl (C=S) groups is 1. The second-order valence-electron chi connectivity index (χ2n) is 5.23. The standard InChI is InChI=1S/C17H21N3OS/c1-11-7-8-12(2)14(10-11)13(3)19-17(22)20-16-15(21-4)6-5-9-18-16/h5-10,13H,1-4H3,(H2,18,19,20,22)/t13-/m0/s1. The smallest absolute Gasteiger partial charge is 0.174 e. The summed E-state index contributed by atoms with van der Waals surface area (Å²) in [5, 5.41) is 6.89. The number of hydrogen-bond donors (Lipinski definition) is 2.